The van der Waals surface area contributed by atoms with Crippen molar-refractivity contribution in [2.45, 2.75) is 0 Å². The topological polar surface area (TPSA) is 65.7 Å². The average Bonchev–Trinajstić information content (AvgIpc) is 2.79. The van der Waals surface area contributed by atoms with Gasteiger partial charge in [0.1, 0.15) is 0 Å². The molecule has 0 amide bonds. The van der Waals surface area contributed by atoms with Crippen LogP contribution in [0.1, 0.15) is 0 Å². The molecule has 5 nitrogen and oxygen atoms in total. The second kappa shape index (κ2) is 6.60. The quantitative estimate of drug-likeness (QED) is 0.392. The molecule has 7 heteroatoms. The number of thiocarbonyl (C=S) groups is 1. The van der Waals surface area contributed by atoms with E-state index in [2.05, 4.69) is 15.7 Å². The highest BCUT2D eigenvalue weighted by Gasteiger charge is 2.12. The first-order valence-corrected chi connectivity index (χ1v) is 5.38. The molecule has 0 fully saturated rings. The van der Waals surface area contributed by atoms with Crippen molar-refractivity contribution >= 4 is 53.0 Å². The van der Waals surface area contributed by atoms with Crippen molar-refractivity contribution in [3.05, 3.63) is 30.3 Å². The maximum atomic E-state index is 5.66. The number of nitrogens with one attached hydrogen (secondary N) is 2. The van der Waals surface area contributed by atoms with Crippen molar-refractivity contribution in [2.24, 2.45) is 10.7 Å². The third-order valence-electron chi connectivity index (χ3n) is 2.13. The van der Waals surface area contributed by atoms with Gasteiger partial charge in [0.25, 0.3) is 0 Å². The van der Waals surface area contributed by atoms with Gasteiger partial charge in [-0.2, -0.15) is 0 Å². The van der Waals surface area contributed by atoms with Crippen LogP contribution in [0.2, 0.25) is 0 Å². The smallest absolute Gasteiger partial charge is 0.211 e. The lowest BCUT2D eigenvalue weighted by molar-refractivity contribution is 0.897. The summed E-state index contributed by atoms with van der Waals surface area (Å²) < 4.78 is 0. The minimum Gasteiger partial charge on any atom is -0.374 e. The summed E-state index contributed by atoms with van der Waals surface area (Å²) in [6, 6.07) is 9.62. The summed E-state index contributed by atoms with van der Waals surface area (Å²) in [6.07, 6.45) is 0. The predicted molar refractivity (Wildman–Crippen MR) is 84.6 cm³/mol. The van der Waals surface area contributed by atoms with E-state index in [1.165, 1.54) is 0 Å². The van der Waals surface area contributed by atoms with Crippen molar-refractivity contribution in [1.29, 1.82) is 0 Å². The Morgan fingerprint density at radius 1 is 1.41 bits per heavy atom. The third-order valence-corrected chi connectivity index (χ3v) is 2.31. The van der Waals surface area contributed by atoms with E-state index in [0.717, 1.165) is 18.8 Å². The number of aliphatic imine (C=N–C) groups is 1. The summed E-state index contributed by atoms with van der Waals surface area (Å²) in [6.45, 7) is 1.60. The Bertz CT molecular complexity index is 408. The number of halogens is 1. The van der Waals surface area contributed by atoms with Crippen LogP contribution in [0.4, 0.5) is 5.69 Å². The molecule has 0 aliphatic carbocycles. The summed E-state index contributed by atoms with van der Waals surface area (Å²) in [5, 5.41) is 4.96. The molecule has 17 heavy (non-hydrogen) atoms. The van der Waals surface area contributed by atoms with Crippen molar-refractivity contribution in [2.75, 3.05) is 18.1 Å². The molecule has 1 aliphatic rings. The molecule has 4 N–H and O–H groups in total. The summed E-state index contributed by atoms with van der Waals surface area (Å²) in [4.78, 5) is 4.22. The van der Waals surface area contributed by atoms with Gasteiger partial charge >= 0.3 is 0 Å². The Morgan fingerprint density at radius 3 is 2.65 bits per heavy atom. The van der Waals surface area contributed by atoms with E-state index in [-0.39, 0.29) is 29.1 Å². The number of nitrogens with zero attached hydrogens (tertiary/aromatic N) is 2. The molecule has 1 aliphatic heterocycles. The molecule has 0 spiro atoms. The van der Waals surface area contributed by atoms with Gasteiger partial charge in [-0.15, -0.1) is 24.0 Å². The van der Waals surface area contributed by atoms with E-state index in [4.69, 9.17) is 18.0 Å². The zero-order chi connectivity index (χ0) is 11.4. The van der Waals surface area contributed by atoms with Gasteiger partial charge < -0.3 is 11.1 Å². The van der Waals surface area contributed by atoms with Crippen molar-refractivity contribution in [3.8, 4) is 0 Å². The molecule has 2 rings (SSSR count). The SMILES string of the molecule is I.NC(=S)N(NC1=NCCN1)c1ccccc1. The molecule has 0 bridgehead atoms. The number of guanidine groups is 1. The summed E-state index contributed by atoms with van der Waals surface area (Å²) >= 11 is 4.99. The van der Waals surface area contributed by atoms with Gasteiger partial charge in [0.15, 0.2) is 5.11 Å². The van der Waals surface area contributed by atoms with Crippen molar-refractivity contribution in [1.82, 2.24) is 10.7 Å². The summed E-state index contributed by atoms with van der Waals surface area (Å²) in [5.41, 5.74) is 9.58. The Kier molecular flexibility index (Phi) is 5.42. The van der Waals surface area contributed by atoms with Crippen LogP contribution in [-0.2, 0) is 0 Å². The Hall–Kier alpha value is -1.09. The lowest BCUT2D eigenvalue weighted by Gasteiger charge is -2.24. The highest BCUT2D eigenvalue weighted by atomic mass is 127. The maximum Gasteiger partial charge on any atom is 0.211 e. The van der Waals surface area contributed by atoms with E-state index in [1.807, 2.05) is 30.3 Å². The first-order valence-electron chi connectivity index (χ1n) is 4.97. The molecule has 1 aromatic carbocycles. The van der Waals surface area contributed by atoms with E-state index in [9.17, 15) is 0 Å². The predicted octanol–water partition coefficient (Wildman–Crippen LogP) is 0.818. The van der Waals surface area contributed by atoms with Gasteiger partial charge in [-0.25, -0.2) is 5.01 Å². The minimum absolute atomic E-state index is 0. The summed E-state index contributed by atoms with van der Waals surface area (Å²) in [7, 11) is 0. The number of benzene rings is 1. The Labute approximate surface area is 122 Å². The number of rotatable bonds is 1. The van der Waals surface area contributed by atoms with Gasteiger partial charge in [0.05, 0.1) is 12.2 Å². The monoisotopic (exact) mass is 363 g/mol. The molecule has 1 aromatic rings. The number of nitrogens with two attached hydrogens (primary N) is 1. The summed E-state index contributed by atoms with van der Waals surface area (Å²) in [5.74, 6) is 0.691. The molecule has 0 unspecified atom stereocenters. The second-order valence-electron chi connectivity index (χ2n) is 3.28. The second-order valence-corrected chi connectivity index (χ2v) is 3.70. The van der Waals surface area contributed by atoms with Gasteiger partial charge in [-0.05, 0) is 24.4 Å². The third kappa shape index (κ3) is 3.70. The zero-order valence-electron chi connectivity index (χ0n) is 9.09. The highest BCUT2D eigenvalue weighted by Crippen LogP contribution is 2.10. The van der Waals surface area contributed by atoms with Gasteiger partial charge in [-0.1, -0.05) is 18.2 Å². The van der Waals surface area contributed by atoms with E-state index in [1.54, 1.807) is 5.01 Å². The number of hydrogen-bond donors (Lipinski definition) is 3. The van der Waals surface area contributed by atoms with Crippen LogP contribution >= 0.6 is 36.2 Å². The average molecular weight is 363 g/mol. The number of hydrogen-bond acceptors (Lipinski definition) is 4. The maximum absolute atomic E-state index is 5.66. The van der Waals surface area contributed by atoms with Gasteiger partial charge in [-0.3, -0.25) is 10.4 Å². The Balaban J connectivity index is 0.00000144. The van der Waals surface area contributed by atoms with Gasteiger partial charge in [0, 0.05) is 6.54 Å². The van der Waals surface area contributed by atoms with Crippen LogP contribution in [0.25, 0.3) is 0 Å². The van der Waals surface area contributed by atoms with Crippen LogP contribution in [-0.4, -0.2) is 24.2 Å². The Morgan fingerprint density at radius 2 is 2.12 bits per heavy atom. The largest absolute Gasteiger partial charge is 0.374 e. The normalized spacial score (nSPS) is 13.1. The van der Waals surface area contributed by atoms with Crippen LogP contribution in [0.15, 0.2) is 35.3 Å². The number of para-hydroxylation sites is 1. The lowest BCUT2D eigenvalue weighted by Crippen LogP contribution is -2.52. The molecule has 0 atom stereocenters. The molecule has 1 heterocycles. The molecule has 0 radical (unpaired) electrons. The molecule has 92 valence electrons. The van der Waals surface area contributed by atoms with E-state index < -0.39 is 0 Å². The first kappa shape index (κ1) is 14.0. The van der Waals surface area contributed by atoms with Crippen molar-refractivity contribution < 1.29 is 0 Å². The highest BCUT2D eigenvalue weighted by molar-refractivity contribution is 14.0. The molecule has 0 saturated heterocycles. The van der Waals surface area contributed by atoms with Crippen molar-refractivity contribution in [3.63, 3.8) is 0 Å². The van der Waals surface area contributed by atoms with Gasteiger partial charge in [0.2, 0.25) is 5.96 Å². The van der Waals surface area contributed by atoms with Crippen LogP contribution in [0, 0.1) is 0 Å². The minimum atomic E-state index is 0. The van der Waals surface area contributed by atoms with Crippen LogP contribution in [0.3, 0.4) is 0 Å². The van der Waals surface area contributed by atoms with E-state index >= 15 is 0 Å². The molecular formula is C10H14IN5S. The standard InChI is InChI=1S/C10H13N5S.HI/c11-9(16)15(8-4-2-1-3-5-8)14-10-12-6-7-13-10;/h1-5H,6-7H2,(H2,11,16)(H2,12,13,14);1H. The molecule has 0 aromatic heterocycles. The number of hydrazine groups is 1. The van der Waals surface area contributed by atoms with E-state index in [0.29, 0.717) is 5.96 Å². The molecule has 0 saturated carbocycles. The zero-order valence-corrected chi connectivity index (χ0v) is 12.2. The van der Waals surface area contributed by atoms with Crippen LogP contribution in [0.5, 0.6) is 0 Å². The number of anilines is 1. The first-order chi connectivity index (χ1) is 7.77. The fraction of sp³-hybridized carbons (Fsp3) is 0.200. The molecular weight excluding hydrogens is 349 g/mol. The fourth-order valence-corrected chi connectivity index (χ4v) is 1.55. The van der Waals surface area contributed by atoms with Crippen LogP contribution < -0.4 is 21.5 Å². The lowest BCUT2D eigenvalue weighted by atomic mass is 10.3. The fourth-order valence-electron chi connectivity index (χ4n) is 1.40.